The number of hydrogen-bond donors (Lipinski definition) is 0. The van der Waals surface area contributed by atoms with E-state index in [4.69, 9.17) is 14.7 Å². The van der Waals surface area contributed by atoms with Crippen LogP contribution in [0.2, 0.25) is 0 Å². The van der Waals surface area contributed by atoms with Gasteiger partial charge in [0.2, 0.25) is 5.91 Å². The number of carbonyl (C=O) groups is 2. The Hall–Kier alpha value is -3.59. The van der Waals surface area contributed by atoms with Crippen LogP contribution in [0.5, 0.6) is 11.5 Å². The molecular formula is C24H22N2O4. The van der Waals surface area contributed by atoms with E-state index in [0.717, 1.165) is 5.56 Å². The number of Topliss-reactive ketones (excluding diaryl/α,β-unsaturated/α-hetero) is 1. The lowest BCUT2D eigenvalue weighted by atomic mass is 9.88. The minimum Gasteiger partial charge on any atom is -0.486 e. The third kappa shape index (κ3) is 4.20. The van der Waals surface area contributed by atoms with E-state index < -0.39 is 0 Å². The van der Waals surface area contributed by atoms with E-state index in [1.807, 2.05) is 6.07 Å². The smallest absolute Gasteiger partial charge is 0.246 e. The third-order valence-corrected chi connectivity index (χ3v) is 5.49. The van der Waals surface area contributed by atoms with Crippen molar-refractivity contribution in [3.8, 4) is 17.6 Å². The molecule has 0 unspecified atom stereocenters. The second-order valence-corrected chi connectivity index (χ2v) is 7.35. The number of fused-ring (bicyclic) bond motifs is 1. The topological polar surface area (TPSA) is 79.6 Å². The van der Waals surface area contributed by atoms with Crippen molar-refractivity contribution >= 4 is 17.8 Å². The van der Waals surface area contributed by atoms with Crippen LogP contribution in [0.3, 0.4) is 0 Å². The van der Waals surface area contributed by atoms with E-state index in [1.165, 1.54) is 6.08 Å². The molecule has 0 bridgehead atoms. The van der Waals surface area contributed by atoms with Crippen molar-refractivity contribution in [2.24, 2.45) is 5.92 Å². The highest BCUT2D eigenvalue weighted by Crippen LogP contribution is 2.32. The molecular weight excluding hydrogens is 380 g/mol. The second-order valence-electron chi connectivity index (χ2n) is 7.35. The Morgan fingerprint density at radius 2 is 1.77 bits per heavy atom. The summed E-state index contributed by atoms with van der Waals surface area (Å²) in [6.45, 7) is 2.06. The van der Waals surface area contributed by atoms with E-state index in [0.29, 0.717) is 61.8 Å². The Labute approximate surface area is 175 Å². The predicted molar refractivity (Wildman–Crippen MR) is 111 cm³/mol. The Morgan fingerprint density at radius 3 is 2.53 bits per heavy atom. The Kier molecular flexibility index (Phi) is 5.80. The number of amides is 1. The number of piperidine rings is 1. The van der Waals surface area contributed by atoms with E-state index in [1.54, 1.807) is 47.4 Å². The molecule has 30 heavy (non-hydrogen) atoms. The molecule has 4 rings (SSSR count). The first-order valence-corrected chi connectivity index (χ1v) is 10.1. The predicted octanol–water partition coefficient (Wildman–Crippen LogP) is 3.46. The van der Waals surface area contributed by atoms with Crippen molar-refractivity contribution in [3.05, 3.63) is 65.2 Å². The van der Waals surface area contributed by atoms with Gasteiger partial charge in [-0.1, -0.05) is 18.2 Å². The number of nitriles is 1. The van der Waals surface area contributed by atoms with E-state index in [2.05, 4.69) is 6.07 Å². The highest BCUT2D eigenvalue weighted by atomic mass is 16.6. The zero-order chi connectivity index (χ0) is 20.9. The van der Waals surface area contributed by atoms with Gasteiger partial charge in [0.25, 0.3) is 0 Å². The summed E-state index contributed by atoms with van der Waals surface area (Å²) in [7, 11) is 0. The van der Waals surface area contributed by atoms with Crippen LogP contribution in [0, 0.1) is 17.2 Å². The van der Waals surface area contributed by atoms with Crippen LogP contribution in [0.25, 0.3) is 6.08 Å². The van der Waals surface area contributed by atoms with Crippen molar-refractivity contribution in [2.45, 2.75) is 12.8 Å². The normalized spacial score (nSPS) is 16.3. The first-order chi connectivity index (χ1) is 14.7. The van der Waals surface area contributed by atoms with Crippen molar-refractivity contribution in [1.82, 2.24) is 4.90 Å². The van der Waals surface area contributed by atoms with E-state index in [-0.39, 0.29) is 17.6 Å². The molecule has 2 heterocycles. The molecule has 2 aromatic rings. The summed E-state index contributed by atoms with van der Waals surface area (Å²) >= 11 is 0. The molecule has 2 aromatic carbocycles. The summed E-state index contributed by atoms with van der Waals surface area (Å²) in [5, 5.41) is 9.15. The average Bonchev–Trinajstić information content (AvgIpc) is 2.82. The molecule has 0 aliphatic carbocycles. The summed E-state index contributed by atoms with van der Waals surface area (Å²) in [5.74, 6) is 1.15. The molecule has 152 valence electrons. The molecule has 1 amide bonds. The van der Waals surface area contributed by atoms with Gasteiger partial charge in [-0.15, -0.1) is 0 Å². The lowest BCUT2D eigenvalue weighted by Crippen LogP contribution is -2.39. The lowest BCUT2D eigenvalue weighted by Gasteiger charge is -2.30. The van der Waals surface area contributed by atoms with Gasteiger partial charge in [-0.3, -0.25) is 9.59 Å². The molecule has 6 nitrogen and oxygen atoms in total. The standard InChI is InChI=1S/C24H22N2O4/c25-16-20-4-2-1-3-17(20)6-8-23(27)26-11-9-18(10-12-26)24(28)19-5-7-21-22(15-19)30-14-13-29-21/h1-8,15,18H,9-14H2/b8-6+. The van der Waals surface area contributed by atoms with Crippen LogP contribution >= 0.6 is 0 Å². The number of likely N-dealkylation sites (tertiary alicyclic amines) is 1. The van der Waals surface area contributed by atoms with Gasteiger partial charge in [0.1, 0.15) is 13.2 Å². The number of ketones is 1. The van der Waals surface area contributed by atoms with E-state index in [9.17, 15) is 9.59 Å². The fraction of sp³-hybridized carbons (Fsp3) is 0.292. The molecule has 1 saturated heterocycles. The van der Waals surface area contributed by atoms with Gasteiger partial charge < -0.3 is 14.4 Å². The van der Waals surface area contributed by atoms with Crippen LogP contribution in [0.1, 0.15) is 34.3 Å². The number of benzene rings is 2. The Bertz CT molecular complexity index is 1030. The largest absolute Gasteiger partial charge is 0.486 e. The molecule has 0 N–H and O–H groups in total. The van der Waals surface area contributed by atoms with Crippen LogP contribution in [0.15, 0.2) is 48.5 Å². The molecule has 6 heteroatoms. The van der Waals surface area contributed by atoms with Crippen molar-refractivity contribution in [1.29, 1.82) is 5.26 Å². The molecule has 2 aliphatic heterocycles. The quantitative estimate of drug-likeness (QED) is 0.578. The van der Waals surface area contributed by atoms with Crippen molar-refractivity contribution in [2.75, 3.05) is 26.3 Å². The monoisotopic (exact) mass is 402 g/mol. The van der Waals surface area contributed by atoms with E-state index >= 15 is 0 Å². The first kappa shape index (κ1) is 19.7. The second kappa shape index (κ2) is 8.83. The number of hydrogen-bond acceptors (Lipinski definition) is 5. The summed E-state index contributed by atoms with van der Waals surface area (Å²) < 4.78 is 11.1. The number of rotatable bonds is 4. The molecule has 0 atom stereocenters. The van der Waals surface area contributed by atoms with Gasteiger partial charge in [0, 0.05) is 30.6 Å². The van der Waals surface area contributed by atoms with Gasteiger partial charge in [-0.2, -0.15) is 5.26 Å². The van der Waals surface area contributed by atoms with Crippen molar-refractivity contribution < 1.29 is 19.1 Å². The number of nitrogens with zero attached hydrogens (tertiary/aromatic N) is 2. The summed E-state index contributed by atoms with van der Waals surface area (Å²) in [4.78, 5) is 27.2. The average molecular weight is 402 g/mol. The summed E-state index contributed by atoms with van der Waals surface area (Å²) in [5.41, 5.74) is 1.87. The van der Waals surface area contributed by atoms with Crippen LogP contribution in [0.4, 0.5) is 0 Å². The van der Waals surface area contributed by atoms with Gasteiger partial charge >= 0.3 is 0 Å². The molecule has 0 spiro atoms. The van der Waals surface area contributed by atoms with Gasteiger partial charge in [-0.05, 0) is 48.7 Å². The van der Waals surface area contributed by atoms with Gasteiger partial charge in [-0.25, -0.2) is 0 Å². The minimum absolute atomic E-state index is 0.0811. The van der Waals surface area contributed by atoms with Crippen LogP contribution < -0.4 is 9.47 Å². The fourth-order valence-electron chi connectivity index (χ4n) is 3.81. The van der Waals surface area contributed by atoms with Gasteiger partial charge in [0.15, 0.2) is 17.3 Å². The zero-order valence-electron chi connectivity index (χ0n) is 16.5. The number of ether oxygens (including phenoxy) is 2. The maximum Gasteiger partial charge on any atom is 0.246 e. The maximum atomic E-state index is 12.9. The highest BCUT2D eigenvalue weighted by Gasteiger charge is 2.28. The van der Waals surface area contributed by atoms with Gasteiger partial charge in [0.05, 0.1) is 11.6 Å². The Balaban J connectivity index is 1.35. The Morgan fingerprint density at radius 1 is 1.03 bits per heavy atom. The molecule has 0 radical (unpaired) electrons. The minimum atomic E-state index is -0.111. The zero-order valence-corrected chi connectivity index (χ0v) is 16.5. The molecule has 2 aliphatic rings. The molecule has 0 saturated carbocycles. The third-order valence-electron chi connectivity index (χ3n) is 5.49. The van der Waals surface area contributed by atoms with Crippen molar-refractivity contribution in [3.63, 3.8) is 0 Å². The SMILES string of the molecule is N#Cc1ccccc1/C=C/C(=O)N1CCC(C(=O)c2ccc3c(c2)OCCO3)CC1. The van der Waals surface area contributed by atoms with Crippen LogP contribution in [-0.4, -0.2) is 42.9 Å². The van der Waals surface area contributed by atoms with Crippen LogP contribution in [-0.2, 0) is 4.79 Å². The summed E-state index contributed by atoms with van der Waals surface area (Å²) in [6, 6.07) is 14.6. The lowest BCUT2D eigenvalue weighted by molar-refractivity contribution is -0.127. The molecule has 1 fully saturated rings. The number of carbonyl (C=O) groups excluding carboxylic acids is 2. The first-order valence-electron chi connectivity index (χ1n) is 10.1. The maximum absolute atomic E-state index is 12.9. The molecule has 0 aromatic heterocycles. The fourth-order valence-corrected chi connectivity index (χ4v) is 3.81. The summed E-state index contributed by atoms with van der Waals surface area (Å²) in [6.07, 6.45) is 4.43. The highest BCUT2D eigenvalue weighted by molar-refractivity contribution is 5.99.